The molecule has 0 N–H and O–H groups in total. The van der Waals surface area contributed by atoms with Gasteiger partial charge < -0.3 is 9.57 Å². The lowest BCUT2D eigenvalue weighted by atomic mass is 10.1. The molecule has 0 amide bonds. The Hall–Kier alpha value is -1.21. The van der Waals surface area contributed by atoms with Crippen LogP contribution in [0, 0.1) is 5.82 Å². The molecule has 3 nitrogen and oxygen atoms in total. The standard InChI is InChI=1S/C9H3Cl2F4NO2/c10-5-1-4(2-6(11)7(5)12)8(9(13,14)15)17-3-16-18-8/h1-3H. The third-order valence-corrected chi connectivity index (χ3v) is 2.73. The molecule has 9 heteroatoms. The molecule has 0 radical (unpaired) electrons. The van der Waals surface area contributed by atoms with Crippen molar-refractivity contribution in [3.05, 3.63) is 33.6 Å². The summed E-state index contributed by atoms with van der Waals surface area (Å²) in [6, 6.07) is 1.43. The molecule has 0 fully saturated rings. The molecule has 1 aromatic carbocycles. The van der Waals surface area contributed by atoms with Crippen LogP contribution in [0.2, 0.25) is 10.0 Å². The Morgan fingerprint density at radius 2 is 1.72 bits per heavy atom. The molecule has 0 bridgehead atoms. The van der Waals surface area contributed by atoms with E-state index >= 15 is 0 Å². The lowest BCUT2D eigenvalue weighted by Gasteiger charge is -2.27. The molecule has 1 atom stereocenters. The summed E-state index contributed by atoms with van der Waals surface area (Å²) in [5, 5.41) is 1.75. The third-order valence-electron chi connectivity index (χ3n) is 2.18. The van der Waals surface area contributed by atoms with Crippen molar-refractivity contribution in [1.29, 1.82) is 0 Å². The van der Waals surface area contributed by atoms with Crippen molar-refractivity contribution in [3.63, 3.8) is 0 Å². The quantitative estimate of drug-likeness (QED) is 0.583. The molecule has 1 unspecified atom stereocenters. The van der Waals surface area contributed by atoms with E-state index in [0.29, 0.717) is 18.5 Å². The highest BCUT2D eigenvalue weighted by Gasteiger charge is 2.64. The van der Waals surface area contributed by atoms with Crippen LogP contribution in [0.1, 0.15) is 5.56 Å². The number of benzene rings is 1. The van der Waals surface area contributed by atoms with E-state index in [1.807, 2.05) is 0 Å². The molecule has 0 spiro atoms. The van der Waals surface area contributed by atoms with Gasteiger partial charge in [-0.3, -0.25) is 0 Å². The van der Waals surface area contributed by atoms with Crippen molar-refractivity contribution in [2.75, 3.05) is 0 Å². The van der Waals surface area contributed by atoms with Crippen LogP contribution in [-0.2, 0) is 15.4 Å². The Morgan fingerprint density at radius 1 is 1.17 bits per heavy atom. The maximum absolute atomic E-state index is 13.2. The minimum absolute atomic E-state index is 0.485. The number of ether oxygens (including phenoxy) is 1. The van der Waals surface area contributed by atoms with Crippen molar-refractivity contribution in [3.8, 4) is 0 Å². The molecule has 0 saturated carbocycles. The normalized spacial score (nSPS) is 22.8. The van der Waals surface area contributed by atoms with Gasteiger partial charge in [0.25, 0.3) is 0 Å². The van der Waals surface area contributed by atoms with E-state index in [0.717, 1.165) is 0 Å². The van der Waals surface area contributed by atoms with Crippen molar-refractivity contribution < 1.29 is 27.1 Å². The number of halogens is 6. The molecule has 98 valence electrons. The van der Waals surface area contributed by atoms with Crippen LogP contribution in [0.25, 0.3) is 0 Å². The fourth-order valence-electron chi connectivity index (χ4n) is 1.36. The number of hydrogen-bond donors (Lipinski definition) is 0. The highest BCUT2D eigenvalue weighted by molar-refractivity contribution is 6.35. The average Bonchev–Trinajstić information content (AvgIpc) is 2.74. The summed E-state index contributed by atoms with van der Waals surface area (Å²) < 4.78 is 56.4. The first kappa shape index (κ1) is 13.2. The SMILES string of the molecule is Fc1c(Cl)cc(C2(C(F)(F)F)OC=NO2)cc1Cl. The van der Waals surface area contributed by atoms with E-state index in [1.165, 1.54) is 0 Å². The Morgan fingerprint density at radius 3 is 2.11 bits per heavy atom. The molecule has 2 rings (SSSR count). The molecule has 1 aliphatic rings. The maximum Gasteiger partial charge on any atom is 0.475 e. The number of rotatable bonds is 1. The summed E-state index contributed by atoms with van der Waals surface area (Å²) in [6.45, 7) is 0. The Balaban J connectivity index is 2.58. The van der Waals surface area contributed by atoms with E-state index in [1.54, 1.807) is 0 Å². The smallest absolute Gasteiger partial charge is 0.426 e. The van der Waals surface area contributed by atoms with Gasteiger partial charge in [-0.25, -0.2) is 4.39 Å². The first-order valence-corrected chi connectivity index (χ1v) is 5.13. The van der Waals surface area contributed by atoms with Crippen molar-refractivity contribution in [2.24, 2.45) is 5.16 Å². The lowest BCUT2D eigenvalue weighted by Crippen LogP contribution is -2.43. The molecule has 1 aliphatic heterocycles. The van der Waals surface area contributed by atoms with Crippen molar-refractivity contribution in [1.82, 2.24) is 0 Å². The molecular weight excluding hydrogens is 301 g/mol. The zero-order valence-corrected chi connectivity index (χ0v) is 9.78. The van der Waals surface area contributed by atoms with Gasteiger partial charge in [0, 0.05) is 0 Å². The molecule has 1 aromatic rings. The number of oxime groups is 1. The highest BCUT2D eigenvalue weighted by Crippen LogP contribution is 2.46. The minimum Gasteiger partial charge on any atom is -0.426 e. The van der Waals surface area contributed by atoms with E-state index in [9.17, 15) is 17.6 Å². The fourth-order valence-corrected chi connectivity index (χ4v) is 1.85. The number of alkyl halides is 3. The van der Waals surface area contributed by atoms with Gasteiger partial charge >= 0.3 is 12.0 Å². The Labute approximate surface area is 108 Å². The molecule has 0 saturated heterocycles. The minimum atomic E-state index is -4.95. The van der Waals surface area contributed by atoms with Gasteiger partial charge in [0.15, 0.2) is 5.82 Å². The molecule has 18 heavy (non-hydrogen) atoms. The number of nitrogens with zero attached hydrogens (tertiary/aromatic N) is 1. The van der Waals surface area contributed by atoms with Crippen LogP contribution in [0.15, 0.2) is 17.3 Å². The molecule has 0 aliphatic carbocycles. The van der Waals surface area contributed by atoms with E-state index in [4.69, 9.17) is 23.2 Å². The topological polar surface area (TPSA) is 30.8 Å². The van der Waals surface area contributed by atoms with Gasteiger partial charge in [0.2, 0.25) is 6.40 Å². The van der Waals surface area contributed by atoms with Crippen LogP contribution in [-0.4, -0.2) is 12.6 Å². The average molecular weight is 304 g/mol. The van der Waals surface area contributed by atoms with Gasteiger partial charge in [-0.05, 0) is 12.1 Å². The van der Waals surface area contributed by atoms with Crippen LogP contribution < -0.4 is 0 Å². The Kier molecular flexibility index (Phi) is 3.06. The first-order chi connectivity index (χ1) is 8.28. The van der Waals surface area contributed by atoms with Crippen LogP contribution in [0.3, 0.4) is 0 Å². The second-order valence-corrected chi connectivity index (χ2v) is 4.10. The largest absolute Gasteiger partial charge is 0.475 e. The van der Waals surface area contributed by atoms with Gasteiger partial charge in [0.05, 0.1) is 15.6 Å². The summed E-state index contributed by atoms with van der Waals surface area (Å²) in [6.07, 6.45) is -4.47. The van der Waals surface area contributed by atoms with Gasteiger partial charge in [-0.2, -0.15) is 13.2 Å². The zero-order valence-electron chi connectivity index (χ0n) is 8.26. The van der Waals surface area contributed by atoms with E-state index < -0.39 is 33.4 Å². The summed E-state index contributed by atoms with van der Waals surface area (Å²) in [5.74, 6) is -4.19. The van der Waals surface area contributed by atoms with Gasteiger partial charge in [-0.1, -0.05) is 28.4 Å². The van der Waals surface area contributed by atoms with E-state index in [2.05, 4.69) is 14.7 Å². The zero-order chi connectivity index (χ0) is 13.6. The molecule has 1 heterocycles. The van der Waals surface area contributed by atoms with Crippen LogP contribution >= 0.6 is 23.2 Å². The predicted molar refractivity (Wildman–Crippen MR) is 54.8 cm³/mol. The second kappa shape index (κ2) is 4.17. The second-order valence-electron chi connectivity index (χ2n) is 3.29. The van der Waals surface area contributed by atoms with Crippen molar-refractivity contribution >= 4 is 29.6 Å². The summed E-state index contributed by atoms with van der Waals surface area (Å²) in [4.78, 5) is 4.22. The Bertz CT molecular complexity index is 487. The predicted octanol–water partition coefficient (Wildman–Crippen LogP) is 3.84. The van der Waals surface area contributed by atoms with Crippen LogP contribution in [0.5, 0.6) is 0 Å². The fraction of sp³-hybridized carbons (Fsp3) is 0.222. The lowest BCUT2D eigenvalue weighted by molar-refractivity contribution is -0.352. The monoisotopic (exact) mass is 303 g/mol. The summed E-state index contributed by atoms with van der Waals surface area (Å²) in [5.41, 5.74) is -0.607. The van der Waals surface area contributed by atoms with E-state index in [-0.39, 0.29) is 0 Å². The highest BCUT2D eigenvalue weighted by atomic mass is 35.5. The maximum atomic E-state index is 13.2. The first-order valence-electron chi connectivity index (χ1n) is 4.37. The number of hydrogen-bond acceptors (Lipinski definition) is 3. The van der Waals surface area contributed by atoms with Gasteiger partial charge in [0.1, 0.15) is 0 Å². The van der Waals surface area contributed by atoms with Crippen molar-refractivity contribution in [2.45, 2.75) is 12.0 Å². The summed E-state index contributed by atoms with van der Waals surface area (Å²) >= 11 is 10.9. The molecular formula is C9H3Cl2F4NO2. The van der Waals surface area contributed by atoms with Gasteiger partial charge in [-0.15, -0.1) is 0 Å². The third kappa shape index (κ3) is 1.87. The molecule has 0 aromatic heterocycles. The summed E-state index contributed by atoms with van der Waals surface area (Å²) in [7, 11) is 0. The van der Waals surface area contributed by atoms with Crippen LogP contribution in [0.4, 0.5) is 17.6 Å².